The summed E-state index contributed by atoms with van der Waals surface area (Å²) in [6.45, 7) is 50.7. The van der Waals surface area contributed by atoms with Gasteiger partial charge in [-0.25, -0.2) is 18.3 Å². The summed E-state index contributed by atoms with van der Waals surface area (Å²) in [7, 11) is 8.57. The van der Waals surface area contributed by atoms with Crippen molar-refractivity contribution in [3.05, 3.63) is 333 Å². The number of imidazole rings is 4. The van der Waals surface area contributed by atoms with Gasteiger partial charge in [0.25, 0.3) is 23.3 Å². The largest absolute Gasteiger partial charge is 0.295 e. The number of para-hydroxylation sites is 10. The summed E-state index contributed by atoms with van der Waals surface area (Å²) in [5.41, 5.74) is 35.0. The zero-order valence-electron chi connectivity index (χ0n) is 83.2. The predicted octanol–water partition coefficient (Wildman–Crippen LogP) is 29.0. The van der Waals surface area contributed by atoms with Crippen LogP contribution in [0.1, 0.15) is 282 Å². The van der Waals surface area contributed by atoms with E-state index in [1.54, 1.807) is 0 Å². The minimum absolute atomic E-state index is 0.428. The van der Waals surface area contributed by atoms with E-state index in [9.17, 15) is 0 Å². The Bertz CT molecular complexity index is 6630. The molecule has 0 aliphatic heterocycles. The minimum atomic E-state index is -0.941. The lowest BCUT2D eigenvalue weighted by molar-refractivity contribution is -0.634. The molecule has 0 bridgehead atoms. The van der Waals surface area contributed by atoms with Crippen LogP contribution in [0.2, 0.25) is 0 Å². The van der Waals surface area contributed by atoms with Gasteiger partial charge < -0.3 is 0 Å². The van der Waals surface area contributed by atoms with Crippen molar-refractivity contribution in [3.8, 4) is 68.3 Å². The maximum atomic E-state index is 9.16. The van der Waals surface area contributed by atoms with Crippen LogP contribution in [0, 0.1) is 27.7 Å². The Balaban J connectivity index is 0.000000145. The predicted molar refractivity (Wildman–Crippen MR) is 519 cm³/mol. The van der Waals surface area contributed by atoms with Gasteiger partial charge in [-0.15, -0.1) is 0 Å². The molecule has 0 atom stereocenters. The summed E-state index contributed by atoms with van der Waals surface area (Å²) < 4.78 is 63.6. The number of rotatable bonds is 18. The summed E-state index contributed by atoms with van der Waals surface area (Å²) in [5.74, 6) is 2.44. The topological polar surface area (TPSA) is 35.2 Å². The summed E-state index contributed by atoms with van der Waals surface area (Å²) >= 11 is 0. The molecule has 16 aromatic rings. The van der Waals surface area contributed by atoms with Gasteiger partial charge in [-0.1, -0.05) is 320 Å². The molecule has 16 rings (SSSR count). The van der Waals surface area contributed by atoms with Crippen molar-refractivity contribution in [1.29, 1.82) is 0 Å². The summed E-state index contributed by atoms with van der Waals surface area (Å²) in [5, 5.41) is 0. The second-order valence-electron chi connectivity index (χ2n) is 36.3. The lowest BCUT2D eigenvalue weighted by Crippen LogP contribution is -2.30. The number of nitrogens with zero attached hydrogens (tertiary/aromatic N) is 8. The molecule has 0 aliphatic carbocycles. The van der Waals surface area contributed by atoms with Crippen molar-refractivity contribution in [3.63, 3.8) is 0 Å². The lowest BCUT2D eigenvalue weighted by Gasteiger charge is -2.21. The van der Waals surface area contributed by atoms with Crippen LogP contribution in [0.4, 0.5) is 0 Å². The Labute approximate surface area is 737 Å². The molecule has 8 heteroatoms. The van der Waals surface area contributed by atoms with Gasteiger partial charge in [0.15, 0.2) is 44.1 Å². The Kier molecular flexibility index (Phi) is 24.8. The Morgan fingerprint density at radius 1 is 0.213 bits per heavy atom. The van der Waals surface area contributed by atoms with Gasteiger partial charge in [0.05, 0.1) is 50.4 Å². The van der Waals surface area contributed by atoms with Crippen molar-refractivity contribution in [2.75, 3.05) is 0 Å². The molecule has 0 saturated heterocycles. The highest BCUT2D eigenvalue weighted by Crippen LogP contribution is 2.45. The zero-order chi connectivity index (χ0) is 92.3. The SMILES string of the molecule is Cc1ccccc1-c1n(-c2c(C(C)C)cc(C(C)C)cc2C(C)C)c2ccccc2[n+]1C.Cc1ccccc1-c1n(-c2c(C(C)C)cccc2C(C)C)c2ccccc2[n+]1C.[2H]C(C)(C)c1cc(C([2H])(C)C)c(-n2c(-c3ccccc3C)[n+](C)c3ccccc32)c(C([2H])(C)C)c1.[2H]C(C)(C)c1cccc(C([2H])(C)C)c1-n1c(-c2ccccc2C)[n+](C)c2ccccc21. The second kappa shape index (κ2) is 37.1. The quantitative estimate of drug-likeness (QED) is 0.0768. The molecule has 4 heterocycles. The fourth-order valence-corrected chi connectivity index (χ4v) is 18.1. The fourth-order valence-electron chi connectivity index (χ4n) is 18.1. The molecule has 0 N–H and O–H groups in total. The fraction of sp³-hybridized carbons (Fsp3) is 0.333. The first-order valence-corrected chi connectivity index (χ1v) is 44.1. The first-order valence-electron chi connectivity index (χ1n) is 46.6. The van der Waals surface area contributed by atoms with E-state index in [4.69, 9.17) is 6.85 Å². The van der Waals surface area contributed by atoms with E-state index in [-0.39, 0.29) is 0 Å². The summed E-state index contributed by atoms with van der Waals surface area (Å²) in [6, 6.07) is 90.3. The van der Waals surface area contributed by atoms with E-state index >= 15 is 0 Å². The van der Waals surface area contributed by atoms with Crippen LogP contribution in [-0.4, -0.2) is 18.3 Å². The third-order valence-corrected chi connectivity index (χ3v) is 24.8. The monoisotopic (exact) mass is 1620 g/mol. The van der Waals surface area contributed by atoms with E-state index < -0.39 is 29.5 Å². The second-order valence-corrected chi connectivity index (χ2v) is 36.3. The van der Waals surface area contributed by atoms with Crippen LogP contribution < -0.4 is 18.3 Å². The number of benzene rings is 12. The Morgan fingerprint density at radius 3 is 0.664 bits per heavy atom. The van der Waals surface area contributed by atoms with E-state index in [0.29, 0.717) is 29.6 Å². The molecule has 8 nitrogen and oxygen atoms in total. The van der Waals surface area contributed by atoms with Gasteiger partial charge in [-0.05, 0) is 193 Å². The first-order chi connectivity index (χ1) is 59.8. The van der Waals surface area contributed by atoms with Crippen molar-refractivity contribution < 1.29 is 25.1 Å². The molecular weight excluding hydrogens is 1480 g/mol. The lowest BCUT2D eigenvalue weighted by atomic mass is 9.87. The number of hydrogen-bond acceptors (Lipinski definition) is 0. The standard InChI is InChI=1S/2C30H37N2.2C27H31N2/c2*1-19(2)23-17-25(20(3)4)29(26(18-23)21(5)6)32-28-16-12-11-15-27(28)31(8)30(32)24-14-10-9-13-22(24)7;2*1-18(2)21-14-11-15-22(19(3)4)26(21)29-25-17-10-9-16-24(25)28(6)27(29)23-13-8-7-12-20(23)5/h2*9-21H,1-8H3;2*7-19H,1-6H3/q4*+1/i19D,20D,21D;;18D,19D;. The molecule has 0 spiro atoms. The molecule has 12 aromatic carbocycles. The van der Waals surface area contributed by atoms with Crippen LogP contribution in [-0.2, 0) is 28.2 Å². The highest BCUT2D eigenvalue weighted by Gasteiger charge is 2.37. The molecule has 0 unspecified atom stereocenters. The van der Waals surface area contributed by atoms with Crippen LogP contribution >= 0.6 is 0 Å². The third-order valence-electron chi connectivity index (χ3n) is 24.8. The smallest absolute Gasteiger partial charge is 0.225 e. The molecule has 0 saturated carbocycles. The van der Waals surface area contributed by atoms with Crippen molar-refractivity contribution >= 4 is 44.1 Å². The minimum Gasteiger partial charge on any atom is -0.225 e. The maximum absolute atomic E-state index is 9.16. The van der Waals surface area contributed by atoms with Crippen molar-refractivity contribution in [1.82, 2.24) is 18.3 Å². The molecule has 0 amide bonds. The zero-order valence-corrected chi connectivity index (χ0v) is 78.2. The highest BCUT2D eigenvalue weighted by molar-refractivity contribution is 5.85. The van der Waals surface area contributed by atoms with Gasteiger partial charge in [0, 0.05) is 51.4 Å². The van der Waals surface area contributed by atoms with Crippen LogP contribution in [0.3, 0.4) is 0 Å². The van der Waals surface area contributed by atoms with Crippen LogP contribution in [0.15, 0.2) is 255 Å². The summed E-state index contributed by atoms with van der Waals surface area (Å²) in [4.78, 5) is 0. The Hall–Kier alpha value is -11.5. The average molecular weight is 1620 g/mol. The average Bonchev–Trinajstić information content (AvgIpc) is 1.61. The van der Waals surface area contributed by atoms with Gasteiger partial charge >= 0.3 is 0 Å². The molecule has 0 radical (unpaired) electrons. The Morgan fingerprint density at radius 2 is 0.426 bits per heavy atom. The van der Waals surface area contributed by atoms with Crippen molar-refractivity contribution in [2.24, 2.45) is 28.2 Å². The highest BCUT2D eigenvalue weighted by atomic mass is 15.2. The molecule has 122 heavy (non-hydrogen) atoms. The molecule has 0 fully saturated rings. The van der Waals surface area contributed by atoms with E-state index in [0.717, 1.165) is 89.6 Å². The third kappa shape index (κ3) is 16.9. The number of aromatic nitrogens is 8. The number of fused-ring (bicyclic) bond motifs is 4. The maximum Gasteiger partial charge on any atom is 0.295 e. The van der Waals surface area contributed by atoms with Crippen molar-refractivity contribution in [2.45, 2.75) is 225 Å². The molecular formula is C114H136N8+4. The summed E-state index contributed by atoms with van der Waals surface area (Å²) in [6.07, 6.45) is 0. The van der Waals surface area contributed by atoms with E-state index in [2.05, 4.69) is 368 Å². The first kappa shape index (κ1) is 81.5. The number of aryl methyl sites for hydroxylation is 8. The van der Waals surface area contributed by atoms with E-state index in [1.165, 1.54) is 101 Å². The van der Waals surface area contributed by atoms with E-state index in [1.807, 2.05) is 118 Å². The van der Waals surface area contributed by atoms with Gasteiger partial charge in [-0.2, -0.15) is 18.3 Å². The van der Waals surface area contributed by atoms with Gasteiger partial charge in [0.1, 0.15) is 22.7 Å². The number of hydrogen-bond donors (Lipinski definition) is 0. The van der Waals surface area contributed by atoms with Crippen LogP contribution in [0.5, 0.6) is 0 Å². The molecule has 0 aliphatic rings. The van der Waals surface area contributed by atoms with Gasteiger partial charge in [-0.3, -0.25) is 0 Å². The van der Waals surface area contributed by atoms with Crippen LogP contribution in [0.25, 0.3) is 112 Å². The van der Waals surface area contributed by atoms with Gasteiger partial charge in [0.2, 0.25) is 0 Å². The normalized spacial score (nSPS) is 12.9. The molecule has 628 valence electrons. The molecule has 4 aromatic heterocycles.